The van der Waals surface area contributed by atoms with Crippen molar-refractivity contribution in [2.24, 2.45) is 11.7 Å². The van der Waals surface area contributed by atoms with Crippen LogP contribution in [0.15, 0.2) is 0 Å². The van der Waals surface area contributed by atoms with Crippen LogP contribution in [0.25, 0.3) is 0 Å². The average molecular weight is 285 g/mol. The van der Waals surface area contributed by atoms with Gasteiger partial charge in [-0.2, -0.15) is 0 Å². The van der Waals surface area contributed by atoms with E-state index in [-0.39, 0.29) is 17.9 Å². The Kier molecular flexibility index (Phi) is 7.51. The van der Waals surface area contributed by atoms with Gasteiger partial charge in [-0.15, -0.1) is 0 Å². The molecular weight excluding hydrogens is 257 g/mol. The fraction of sp³-hybridized carbons (Fsp3) is 0.923. The summed E-state index contributed by atoms with van der Waals surface area (Å²) in [6, 6.07) is 0.104. The van der Waals surface area contributed by atoms with Gasteiger partial charge in [-0.05, 0) is 25.1 Å². The van der Waals surface area contributed by atoms with E-state index in [1.54, 1.807) is 0 Å². The molecule has 6 nitrogen and oxygen atoms in total. The Labute approximate surface area is 121 Å². The minimum Gasteiger partial charge on any atom is -0.427 e. The molecule has 0 aromatic rings. The summed E-state index contributed by atoms with van der Waals surface area (Å²) in [6.07, 6.45) is 4.11. The van der Waals surface area contributed by atoms with E-state index in [1.807, 2.05) is 13.8 Å². The number of rotatable bonds is 8. The van der Waals surface area contributed by atoms with Crippen LogP contribution in [-0.4, -0.2) is 47.7 Å². The normalized spacial score (nSPS) is 23.9. The minimum atomic E-state index is -1.20. The van der Waals surface area contributed by atoms with E-state index in [1.165, 1.54) is 0 Å². The monoisotopic (exact) mass is 285 g/mol. The number of nitrogens with two attached hydrogens (primary N) is 1. The first kappa shape index (κ1) is 17.4. The highest BCUT2D eigenvalue weighted by atomic mass is 16.4. The molecule has 0 unspecified atom stereocenters. The van der Waals surface area contributed by atoms with Crippen LogP contribution in [0.1, 0.15) is 39.5 Å². The maximum absolute atomic E-state index is 11.9. The van der Waals surface area contributed by atoms with Gasteiger partial charge in [0.1, 0.15) is 0 Å². The van der Waals surface area contributed by atoms with Crippen LogP contribution < -0.4 is 16.4 Å². The average Bonchev–Trinajstić information content (AvgIpc) is 2.80. The molecule has 116 valence electrons. The maximum atomic E-state index is 11.9. The molecule has 1 heterocycles. The van der Waals surface area contributed by atoms with E-state index in [0.717, 1.165) is 32.2 Å². The summed E-state index contributed by atoms with van der Waals surface area (Å²) in [6.45, 7) is 4.66. The van der Waals surface area contributed by atoms with Gasteiger partial charge < -0.3 is 26.4 Å². The summed E-state index contributed by atoms with van der Waals surface area (Å²) in [7, 11) is -1.20. The fourth-order valence-corrected chi connectivity index (χ4v) is 2.47. The molecule has 6 N–H and O–H groups in total. The quantitative estimate of drug-likeness (QED) is 0.304. The zero-order valence-corrected chi connectivity index (χ0v) is 12.5. The van der Waals surface area contributed by atoms with Gasteiger partial charge in [0.05, 0.1) is 6.04 Å². The summed E-state index contributed by atoms with van der Waals surface area (Å²) < 4.78 is 0. The van der Waals surface area contributed by atoms with Crippen molar-refractivity contribution in [3.05, 3.63) is 0 Å². The van der Waals surface area contributed by atoms with Gasteiger partial charge in [0.15, 0.2) is 0 Å². The van der Waals surface area contributed by atoms with Crippen LogP contribution in [-0.2, 0) is 4.79 Å². The second-order valence-electron chi connectivity index (χ2n) is 6.08. The second-order valence-corrected chi connectivity index (χ2v) is 6.08. The SMILES string of the molecule is CC(C)[C@H](N)C(=O)N[C@H]1CN[C@H](CCCCB(O)O)C1. The van der Waals surface area contributed by atoms with E-state index in [4.69, 9.17) is 15.8 Å². The molecule has 1 rings (SSSR count). The van der Waals surface area contributed by atoms with Crippen LogP contribution >= 0.6 is 0 Å². The van der Waals surface area contributed by atoms with E-state index >= 15 is 0 Å². The van der Waals surface area contributed by atoms with Gasteiger partial charge in [0.2, 0.25) is 5.91 Å². The predicted molar refractivity (Wildman–Crippen MR) is 80.0 cm³/mol. The third-order valence-corrected chi connectivity index (χ3v) is 3.85. The molecule has 3 atom stereocenters. The highest BCUT2D eigenvalue weighted by molar-refractivity contribution is 6.40. The minimum absolute atomic E-state index is 0.0733. The maximum Gasteiger partial charge on any atom is 0.451 e. The number of carbonyl (C=O) groups excluding carboxylic acids is 1. The molecule has 0 aliphatic carbocycles. The Morgan fingerprint density at radius 2 is 2.15 bits per heavy atom. The van der Waals surface area contributed by atoms with Gasteiger partial charge in [-0.1, -0.05) is 26.7 Å². The van der Waals surface area contributed by atoms with Crippen molar-refractivity contribution in [1.82, 2.24) is 10.6 Å². The lowest BCUT2D eigenvalue weighted by Gasteiger charge is -2.18. The molecule has 0 radical (unpaired) electrons. The fourth-order valence-electron chi connectivity index (χ4n) is 2.47. The Morgan fingerprint density at radius 1 is 1.45 bits per heavy atom. The molecule has 1 saturated heterocycles. The number of hydrogen-bond donors (Lipinski definition) is 5. The molecule has 0 aromatic carbocycles. The van der Waals surface area contributed by atoms with Crippen LogP contribution in [0.4, 0.5) is 0 Å². The molecule has 1 amide bonds. The van der Waals surface area contributed by atoms with Gasteiger partial charge in [-0.25, -0.2) is 0 Å². The summed E-state index contributed by atoms with van der Waals surface area (Å²) in [5.74, 6) is 0.0703. The van der Waals surface area contributed by atoms with Crippen LogP contribution in [0.3, 0.4) is 0 Å². The van der Waals surface area contributed by atoms with Crippen molar-refractivity contribution in [3.8, 4) is 0 Å². The molecule has 0 spiro atoms. The lowest BCUT2D eigenvalue weighted by Crippen LogP contribution is -2.48. The van der Waals surface area contributed by atoms with Crippen molar-refractivity contribution in [2.45, 2.75) is 64.0 Å². The molecule has 1 aliphatic heterocycles. The zero-order valence-electron chi connectivity index (χ0n) is 12.5. The Morgan fingerprint density at radius 3 is 2.75 bits per heavy atom. The zero-order chi connectivity index (χ0) is 15.1. The van der Waals surface area contributed by atoms with Gasteiger partial charge in [-0.3, -0.25) is 4.79 Å². The summed E-state index contributed by atoms with van der Waals surface area (Å²) in [4.78, 5) is 11.9. The van der Waals surface area contributed by atoms with Gasteiger partial charge in [0.25, 0.3) is 0 Å². The third kappa shape index (κ3) is 6.22. The van der Waals surface area contributed by atoms with Crippen molar-refractivity contribution in [3.63, 3.8) is 0 Å². The molecule has 1 fully saturated rings. The van der Waals surface area contributed by atoms with Crippen LogP contribution in [0.5, 0.6) is 0 Å². The standard InChI is InChI=1S/C13H28BN3O3/c1-9(2)12(15)13(18)17-11-7-10(16-8-11)5-3-4-6-14(19)20/h9-12,16,19-20H,3-8,15H2,1-2H3,(H,17,18)/t10-,11-,12+/m1/s1. The molecule has 7 heteroatoms. The van der Waals surface area contributed by atoms with Crippen molar-refractivity contribution < 1.29 is 14.8 Å². The van der Waals surface area contributed by atoms with E-state index < -0.39 is 13.2 Å². The van der Waals surface area contributed by atoms with E-state index in [9.17, 15) is 4.79 Å². The molecule has 20 heavy (non-hydrogen) atoms. The second kappa shape index (κ2) is 8.62. The number of unbranched alkanes of at least 4 members (excludes halogenated alkanes) is 1. The summed E-state index contributed by atoms with van der Waals surface area (Å²) in [5.41, 5.74) is 5.82. The van der Waals surface area contributed by atoms with Crippen LogP contribution in [0.2, 0.25) is 6.32 Å². The Bertz CT molecular complexity index is 303. The first-order valence-corrected chi connectivity index (χ1v) is 7.55. The lowest BCUT2D eigenvalue weighted by atomic mass is 9.83. The van der Waals surface area contributed by atoms with Crippen LogP contribution in [0, 0.1) is 5.92 Å². The van der Waals surface area contributed by atoms with E-state index in [2.05, 4.69) is 10.6 Å². The number of hydrogen-bond acceptors (Lipinski definition) is 5. The molecule has 1 aliphatic rings. The van der Waals surface area contributed by atoms with Crippen molar-refractivity contribution in [2.75, 3.05) is 6.54 Å². The first-order valence-electron chi connectivity index (χ1n) is 7.55. The molecule has 0 aromatic heterocycles. The Hall–Kier alpha value is -0.625. The highest BCUT2D eigenvalue weighted by Gasteiger charge is 2.27. The Balaban J connectivity index is 2.18. The van der Waals surface area contributed by atoms with Gasteiger partial charge in [0, 0.05) is 18.6 Å². The molecular formula is C13H28BN3O3. The number of amides is 1. The van der Waals surface area contributed by atoms with Crippen molar-refractivity contribution in [1.29, 1.82) is 0 Å². The highest BCUT2D eigenvalue weighted by Crippen LogP contribution is 2.14. The lowest BCUT2D eigenvalue weighted by molar-refractivity contribution is -0.123. The first-order chi connectivity index (χ1) is 9.40. The molecule has 0 bridgehead atoms. The number of nitrogens with one attached hydrogen (secondary N) is 2. The largest absolute Gasteiger partial charge is 0.451 e. The van der Waals surface area contributed by atoms with E-state index in [0.29, 0.717) is 12.4 Å². The third-order valence-electron chi connectivity index (χ3n) is 3.85. The topological polar surface area (TPSA) is 108 Å². The van der Waals surface area contributed by atoms with Gasteiger partial charge >= 0.3 is 7.12 Å². The van der Waals surface area contributed by atoms with Crippen molar-refractivity contribution >= 4 is 13.0 Å². The predicted octanol–water partition coefficient (Wildman–Crippen LogP) is -0.540. The summed E-state index contributed by atoms with van der Waals surface area (Å²) >= 11 is 0. The number of carbonyl (C=O) groups is 1. The molecule has 0 saturated carbocycles. The smallest absolute Gasteiger partial charge is 0.427 e. The summed E-state index contributed by atoms with van der Waals surface area (Å²) in [5, 5.41) is 23.9.